The molecule has 3 aliphatic rings. The molecule has 9 rings (SSSR count). The molecule has 1 atom stereocenters. The highest BCUT2D eigenvalue weighted by molar-refractivity contribution is 6.13. The van der Waals surface area contributed by atoms with Crippen LogP contribution >= 0.6 is 0 Å². The molecule has 2 aromatic heterocycles. The second-order valence-corrected chi connectivity index (χ2v) is 17.8. The largest absolute Gasteiger partial charge is 0.492 e. The van der Waals surface area contributed by atoms with E-state index in [4.69, 9.17) is 15.2 Å². The minimum Gasteiger partial charge on any atom is -0.492 e. The van der Waals surface area contributed by atoms with Crippen molar-refractivity contribution in [2.24, 2.45) is 14.1 Å². The number of hydrogen-bond donors (Lipinski definition) is 1. The monoisotopic (exact) mass is 873 g/mol. The molecule has 0 unspecified atom stereocenters. The van der Waals surface area contributed by atoms with E-state index in [1.807, 2.05) is 126 Å². The summed E-state index contributed by atoms with van der Waals surface area (Å²) in [6.45, 7) is 12.3. The van der Waals surface area contributed by atoms with Gasteiger partial charge in [0.2, 0.25) is 5.91 Å². The van der Waals surface area contributed by atoms with Crippen LogP contribution < -0.4 is 15.4 Å². The molecule has 6 aromatic rings. The maximum atomic E-state index is 15.1. The van der Waals surface area contributed by atoms with E-state index in [9.17, 15) is 9.59 Å². The van der Waals surface area contributed by atoms with E-state index >= 15 is 4.79 Å². The SMILES string of the molecule is Cc1c(N(C(=O)c2cc(-c3cc4c(cc3C(=O)N3Cc5ccccc5C[C@H]3C)CN(C(=O)Cc3ccc(OCCN5CCOCC5)cc3)CC4)n(C)c2C)c2ccccc2)cc(N)n1C. The fourth-order valence-corrected chi connectivity index (χ4v) is 9.59. The summed E-state index contributed by atoms with van der Waals surface area (Å²) in [6, 6.07) is 33.6. The van der Waals surface area contributed by atoms with E-state index in [1.165, 1.54) is 5.56 Å². The second kappa shape index (κ2) is 18.5. The second-order valence-electron chi connectivity index (χ2n) is 17.8. The Labute approximate surface area is 381 Å². The third kappa shape index (κ3) is 8.80. The quantitative estimate of drug-likeness (QED) is 0.142. The summed E-state index contributed by atoms with van der Waals surface area (Å²) in [4.78, 5) is 52.0. The first-order chi connectivity index (χ1) is 31.4. The van der Waals surface area contributed by atoms with Gasteiger partial charge in [-0.25, -0.2) is 0 Å². The van der Waals surface area contributed by atoms with Crippen molar-refractivity contribution in [1.29, 1.82) is 0 Å². The Balaban J connectivity index is 1.02. The van der Waals surface area contributed by atoms with Gasteiger partial charge in [-0.2, -0.15) is 0 Å². The molecule has 12 heteroatoms. The van der Waals surface area contributed by atoms with Crippen LogP contribution in [0.3, 0.4) is 0 Å². The number of anilines is 3. The van der Waals surface area contributed by atoms with Gasteiger partial charge in [0.1, 0.15) is 18.2 Å². The summed E-state index contributed by atoms with van der Waals surface area (Å²) in [5.41, 5.74) is 17.4. The zero-order chi connectivity index (χ0) is 45.4. The number of para-hydroxylation sites is 1. The highest BCUT2D eigenvalue weighted by Crippen LogP contribution is 2.38. The molecule has 0 aliphatic carbocycles. The molecule has 65 heavy (non-hydrogen) atoms. The summed E-state index contributed by atoms with van der Waals surface area (Å²) in [6.07, 6.45) is 1.66. The van der Waals surface area contributed by atoms with E-state index < -0.39 is 0 Å². The van der Waals surface area contributed by atoms with Crippen LogP contribution in [0.4, 0.5) is 17.2 Å². The fraction of sp³-hybridized carbons (Fsp3) is 0.340. The number of nitrogens with two attached hydrogens (primary N) is 1. The van der Waals surface area contributed by atoms with Gasteiger partial charge in [0.25, 0.3) is 11.8 Å². The first kappa shape index (κ1) is 43.6. The number of carbonyl (C=O) groups is 3. The number of rotatable bonds is 11. The number of aromatic nitrogens is 2. The summed E-state index contributed by atoms with van der Waals surface area (Å²) in [7, 11) is 3.85. The maximum Gasteiger partial charge on any atom is 0.264 e. The first-order valence-electron chi connectivity index (χ1n) is 22.8. The van der Waals surface area contributed by atoms with Crippen LogP contribution in [0.5, 0.6) is 5.75 Å². The molecule has 0 bridgehead atoms. The van der Waals surface area contributed by atoms with Crippen LogP contribution in [-0.4, -0.2) is 93.6 Å². The van der Waals surface area contributed by atoms with Crippen molar-refractivity contribution >= 4 is 34.9 Å². The van der Waals surface area contributed by atoms with Crippen LogP contribution in [0.2, 0.25) is 0 Å². The molecule has 4 aromatic carbocycles. The Morgan fingerprint density at radius 2 is 1.49 bits per heavy atom. The van der Waals surface area contributed by atoms with E-state index in [0.717, 1.165) is 95.6 Å². The first-order valence-corrected chi connectivity index (χ1v) is 22.8. The lowest BCUT2D eigenvalue weighted by Gasteiger charge is -2.36. The van der Waals surface area contributed by atoms with Gasteiger partial charge in [0.05, 0.1) is 30.9 Å². The zero-order valence-corrected chi connectivity index (χ0v) is 38.2. The molecule has 3 amide bonds. The number of ether oxygens (including phenoxy) is 2. The lowest BCUT2D eigenvalue weighted by molar-refractivity contribution is -0.131. The van der Waals surface area contributed by atoms with Crippen LogP contribution in [0, 0.1) is 13.8 Å². The van der Waals surface area contributed by atoms with Crippen molar-refractivity contribution in [2.45, 2.75) is 59.2 Å². The standard InChI is InChI=1S/C53H59N7O5/c1-35-27-39-11-9-10-12-41(39)34-59(35)52(62)47-30-42-33-58(51(61)28-38-15-17-44(18-16-38)65-26-23-57-21-24-64-25-22-57)20-19-40(42)29-46(47)49-31-45(36(2)55(49)4)53(63)60(43-13-7-6-8-14-43)48-32-50(54)56(5)37(48)3/h6-18,29-32,35H,19-28,33-34,54H2,1-5H3/t35-/m1/s1. The molecule has 1 saturated heterocycles. The van der Waals surface area contributed by atoms with Crippen LogP contribution in [-0.2, 0) is 56.0 Å². The number of morpholine rings is 1. The predicted octanol–water partition coefficient (Wildman–Crippen LogP) is 7.63. The minimum atomic E-state index is -0.198. The number of fused-ring (bicyclic) bond motifs is 2. The fourth-order valence-electron chi connectivity index (χ4n) is 9.59. The topological polar surface area (TPSA) is 119 Å². The van der Waals surface area contributed by atoms with Crippen molar-refractivity contribution in [3.8, 4) is 17.0 Å². The highest BCUT2D eigenvalue weighted by atomic mass is 16.5. The molecular weight excluding hydrogens is 815 g/mol. The average molecular weight is 874 g/mol. The van der Waals surface area contributed by atoms with Gasteiger partial charge < -0.3 is 34.1 Å². The van der Waals surface area contributed by atoms with Crippen LogP contribution in [0.15, 0.2) is 103 Å². The van der Waals surface area contributed by atoms with Crippen LogP contribution in [0.1, 0.15) is 66.8 Å². The van der Waals surface area contributed by atoms with Crippen molar-refractivity contribution < 1.29 is 23.9 Å². The van der Waals surface area contributed by atoms with Crippen molar-refractivity contribution in [3.05, 3.63) is 153 Å². The van der Waals surface area contributed by atoms with Gasteiger partial charge in [-0.15, -0.1) is 0 Å². The molecule has 1 fully saturated rings. The zero-order valence-electron chi connectivity index (χ0n) is 38.2. The minimum absolute atomic E-state index is 0.0332. The number of nitrogens with zero attached hydrogens (tertiary/aromatic N) is 6. The van der Waals surface area contributed by atoms with Crippen molar-refractivity contribution in [1.82, 2.24) is 23.8 Å². The van der Waals surface area contributed by atoms with Gasteiger partial charge in [0, 0.05) is 99.4 Å². The summed E-state index contributed by atoms with van der Waals surface area (Å²) >= 11 is 0. The molecule has 2 N–H and O–H groups in total. The molecule has 0 radical (unpaired) electrons. The van der Waals surface area contributed by atoms with Gasteiger partial charge in [-0.05, 0) is 104 Å². The molecular formula is C53H59N7O5. The molecule has 336 valence electrons. The number of amides is 3. The smallest absolute Gasteiger partial charge is 0.264 e. The molecule has 12 nitrogen and oxygen atoms in total. The molecule has 0 saturated carbocycles. The van der Waals surface area contributed by atoms with Crippen molar-refractivity contribution in [3.63, 3.8) is 0 Å². The Kier molecular flexibility index (Phi) is 12.4. The number of benzene rings is 4. The van der Waals surface area contributed by atoms with E-state index in [1.54, 1.807) is 4.90 Å². The number of hydrogen-bond acceptors (Lipinski definition) is 7. The lowest BCUT2D eigenvalue weighted by Crippen LogP contribution is -2.43. The van der Waals surface area contributed by atoms with E-state index in [2.05, 4.69) is 36.1 Å². The van der Waals surface area contributed by atoms with Gasteiger partial charge in [-0.1, -0.05) is 54.6 Å². The predicted molar refractivity (Wildman–Crippen MR) is 255 cm³/mol. The Bertz CT molecular complexity index is 2730. The molecule has 5 heterocycles. The van der Waals surface area contributed by atoms with Gasteiger partial charge >= 0.3 is 0 Å². The summed E-state index contributed by atoms with van der Waals surface area (Å²) < 4.78 is 15.4. The Morgan fingerprint density at radius 3 is 2.22 bits per heavy atom. The normalized spacial score (nSPS) is 16.2. The Hall–Kier alpha value is -6.63. The third-order valence-electron chi connectivity index (χ3n) is 13.8. The van der Waals surface area contributed by atoms with Gasteiger partial charge in [0.15, 0.2) is 0 Å². The lowest BCUT2D eigenvalue weighted by atomic mass is 9.89. The van der Waals surface area contributed by atoms with Crippen LogP contribution in [0.25, 0.3) is 11.3 Å². The average Bonchev–Trinajstić information content (AvgIpc) is 3.76. The number of carbonyl (C=O) groups excluding carboxylic acids is 3. The third-order valence-corrected chi connectivity index (χ3v) is 13.8. The summed E-state index contributed by atoms with van der Waals surface area (Å²) in [5, 5.41) is 0. The highest BCUT2D eigenvalue weighted by Gasteiger charge is 2.33. The molecule has 3 aliphatic heterocycles. The van der Waals surface area contributed by atoms with E-state index in [-0.39, 0.29) is 30.2 Å². The summed E-state index contributed by atoms with van der Waals surface area (Å²) in [5.74, 6) is 1.11. The Morgan fingerprint density at radius 1 is 0.769 bits per heavy atom. The maximum absolute atomic E-state index is 15.1. The number of nitrogen functional groups attached to an aromatic ring is 1. The molecule has 0 spiro atoms. The van der Waals surface area contributed by atoms with Crippen molar-refractivity contribution in [2.75, 3.05) is 56.6 Å². The van der Waals surface area contributed by atoms with E-state index in [0.29, 0.717) is 55.3 Å². The van der Waals surface area contributed by atoms with Gasteiger partial charge in [-0.3, -0.25) is 24.2 Å².